The molecule has 0 N–H and O–H groups in total. The molecular formula is C20H35NO5. The maximum Gasteiger partial charge on any atom is 0.416 e. The number of esters is 1. The molecule has 2 amide bonds. The van der Waals surface area contributed by atoms with Crippen molar-refractivity contribution in [3.05, 3.63) is 0 Å². The first-order chi connectivity index (χ1) is 12.1. The largest absolute Gasteiger partial charge is 0.460 e. The summed E-state index contributed by atoms with van der Waals surface area (Å²) < 4.78 is 10.5. The standard InChI is InChI=1S/C20H35NO5/c1-7-8-9-10-11-15(12-17(22)26-20(4,5)6)18(23)21-16(14(2)3)13-25-19(21)24/h14-16H,7-13H2,1-6H3. The molecular weight excluding hydrogens is 334 g/mol. The van der Waals surface area contributed by atoms with Crippen LogP contribution in [0.3, 0.4) is 0 Å². The van der Waals surface area contributed by atoms with Crippen LogP contribution in [0.5, 0.6) is 0 Å². The molecule has 0 aromatic carbocycles. The van der Waals surface area contributed by atoms with Gasteiger partial charge in [-0.05, 0) is 33.1 Å². The number of imide groups is 1. The second-order valence-electron chi connectivity index (χ2n) is 8.43. The van der Waals surface area contributed by atoms with Crippen molar-refractivity contribution in [3.63, 3.8) is 0 Å². The Kier molecular flexibility index (Phi) is 8.57. The molecule has 0 radical (unpaired) electrons. The van der Waals surface area contributed by atoms with Gasteiger partial charge in [-0.15, -0.1) is 0 Å². The van der Waals surface area contributed by atoms with Gasteiger partial charge in [0, 0.05) is 5.92 Å². The summed E-state index contributed by atoms with van der Waals surface area (Å²) in [6.07, 6.45) is 4.02. The highest BCUT2D eigenvalue weighted by molar-refractivity contribution is 5.96. The minimum absolute atomic E-state index is 0.00315. The molecule has 6 heteroatoms. The molecule has 26 heavy (non-hydrogen) atoms. The summed E-state index contributed by atoms with van der Waals surface area (Å²) in [4.78, 5) is 38.6. The van der Waals surface area contributed by atoms with E-state index in [0.29, 0.717) is 6.42 Å². The maximum atomic E-state index is 13.1. The Balaban J connectivity index is 2.86. The Morgan fingerprint density at radius 3 is 2.42 bits per heavy atom. The fraction of sp³-hybridized carbons (Fsp3) is 0.850. The molecule has 0 saturated carbocycles. The van der Waals surface area contributed by atoms with Gasteiger partial charge in [-0.25, -0.2) is 9.69 Å². The van der Waals surface area contributed by atoms with Crippen molar-refractivity contribution >= 4 is 18.0 Å². The first-order valence-corrected chi connectivity index (χ1v) is 9.78. The zero-order valence-corrected chi connectivity index (χ0v) is 17.2. The highest BCUT2D eigenvalue weighted by atomic mass is 16.6. The lowest BCUT2D eigenvalue weighted by molar-refractivity contribution is -0.158. The predicted molar refractivity (Wildman–Crippen MR) is 99.5 cm³/mol. The van der Waals surface area contributed by atoms with Crippen molar-refractivity contribution < 1.29 is 23.9 Å². The molecule has 0 spiro atoms. The number of hydrogen-bond donors (Lipinski definition) is 0. The molecule has 2 atom stereocenters. The topological polar surface area (TPSA) is 72.9 Å². The summed E-state index contributed by atoms with van der Waals surface area (Å²) in [5, 5.41) is 0. The molecule has 2 unspecified atom stereocenters. The van der Waals surface area contributed by atoms with E-state index in [9.17, 15) is 14.4 Å². The van der Waals surface area contributed by atoms with E-state index in [4.69, 9.17) is 9.47 Å². The van der Waals surface area contributed by atoms with Crippen LogP contribution in [0.1, 0.15) is 80.1 Å². The number of ether oxygens (including phenoxy) is 2. The minimum Gasteiger partial charge on any atom is -0.460 e. The van der Waals surface area contributed by atoms with Gasteiger partial charge >= 0.3 is 12.1 Å². The fourth-order valence-corrected chi connectivity index (χ4v) is 3.09. The summed E-state index contributed by atoms with van der Waals surface area (Å²) in [6.45, 7) is 11.7. The summed E-state index contributed by atoms with van der Waals surface area (Å²) >= 11 is 0. The molecule has 1 heterocycles. The van der Waals surface area contributed by atoms with Crippen LogP contribution in [-0.4, -0.2) is 41.1 Å². The lowest BCUT2D eigenvalue weighted by Gasteiger charge is -2.27. The van der Waals surface area contributed by atoms with E-state index in [1.807, 2.05) is 13.8 Å². The second-order valence-corrected chi connectivity index (χ2v) is 8.43. The molecule has 0 aromatic heterocycles. The number of nitrogens with zero attached hydrogens (tertiary/aromatic N) is 1. The van der Waals surface area contributed by atoms with Crippen LogP contribution in [0.2, 0.25) is 0 Å². The van der Waals surface area contributed by atoms with E-state index >= 15 is 0 Å². The number of hydrogen-bond acceptors (Lipinski definition) is 5. The molecule has 150 valence electrons. The van der Waals surface area contributed by atoms with Crippen LogP contribution in [0.25, 0.3) is 0 Å². The fourth-order valence-electron chi connectivity index (χ4n) is 3.09. The lowest BCUT2D eigenvalue weighted by Crippen LogP contribution is -2.45. The third-order valence-corrected chi connectivity index (χ3v) is 4.50. The average molecular weight is 370 g/mol. The Hall–Kier alpha value is -1.59. The van der Waals surface area contributed by atoms with Crippen LogP contribution in [0, 0.1) is 11.8 Å². The van der Waals surface area contributed by atoms with E-state index < -0.39 is 23.6 Å². The monoisotopic (exact) mass is 369 g/mol. The quantitative estimate of drug-likeness (QED) is 0.447. The molecule has 1 saturated heterocycles. The van der Waals surface area contributed by atoms with Gasteiger partial charge < -0.3 is 9.47 Å². The van der Waals surface area contributed by atoms with Gasteiger partial charge in [-0.1, -0.05) is 46.5 Å². The Bertz CT molecular complexity index is 495. The predicted octanol–water partition coefficient (Wildman–Crippen LogP) is 4.31. The van der Waals surface area contributed by atoms with Crippen molar-refractivity contribution in [3.8, 4) is 0 Å². The number of rotatable bonds is 9. The first kappa shape index (κ1) is 22.5. The van der Waals surface area contributed by atoms with Crippen molar-refractivity contribution in [1.29, 1.82) is 0 Å². The van der Waals surface area contributed by atoms with Crippen molar-refractivity contribution in [2.75, 3.05) is 6.61 Å². The molecule has 0 aromatic rings. The zero-order chi connectivity index (χ0) is 19.9. The summed E-state index contributed by atoms with van der Waals surface area (Å²) in [5.74, 6) is -1.16. The van der Waals surface area contributed by atoms with Gasteiger partial charge in [-0.3, -0.25) is 9.59 Å². The normalized spacial score (nSPS) is 18.8. The molecule has 6 nitrogen and oxygen atoms in total. The molecule has 1 aliphatic heterocycles. The van der Waals surface area contributed by atoms with Crippen LogP contribution in [0.15, 0.2) is 0 Å². The second kappa shape index (κ2) is 9.93. The SMILES string of the molecule is CCCCCCC(CC(=O)OC(C)(C)C)C(=O)N1C(=O)OCC1C(C)C. The Morgan fingerprint density at radius 1 is 1.23 bits per heavy atom. The highest BCUT2D eigenvalue weighted by Crippen LogP contribution is 2.26. The van der Waals surface area contributed by atoms with Crippen LogP contribution >= 0.6 is 0 Å². The van der Waals surface area contributed by atoms with Crippen LogP contribution in [0.4, 0.5) is 4.79 Å². The summed E-state index contributed by atoms with van der Waals surface area (Å²) in [5.41, 5.74) is -0.597. The number of cyclic esters (lactones) is 1. The molecule has 1 aliphatic rings. The summed E-state index contributed by atoms with van der Waals surface area (Å²) in [6, 6.07) is -0.272. The van der Waals surface area contributed by atoms with Gasteiger partial charge in [-0.2, -0.15) is 0 Å². The van der Waals surface area contributed by atoms with E-state index in [-0.39, 0.29) is 30.9 Å². The Morgan fingerprint density at radius 2 is 1.88 bits per heavy atom. The average Bonchev–Trinajstić information content (AvgIpc) is 2.89. The number of unbranched alkanes of at least 4 members (excludes halogenated alkanes) is 3. The highest BCUT2D eigenvalue weighted by Gasteiger charge is 2.42. The zero-order valence-electron chi connectivity index (χ0n) is 17.2. The van der Waals surface area contributed by atoms with Crippen LogP contribution < -0.4 is 0 Å². The molecule has 0 bridgehead atoms. The van der Waals surface area contributed by atoms with Gasteiger partial charge in [0.25, 0.3) is 0 Å². The van der Waals surface area contributed by atoms with Crippen LogP contribution in [-0.2, 0) is 19.1 Å². The van der Waals surface area contributed by atoms with Gasteiger partial charge in [0.1, 0.15) is 12.2 Å². The third kappa shape index (κ3) is 6.96. The van der Waals surface area contributed by atoms with Gasteiger partial charge in [0.2, 0.25) is 5.91 Å². The molecule has 0 aliphatic carbocycles. The summed E-state index contributed by atoms with van der Waals surface area (Å²) in [7, 11) is 0. The number of carbonyl (C=O) groups excluding carboxylic acids is 3. The Labute approximate surface area is 157 Å². The van der Waals surface area contributed by atoms with E-state index in [1.165, 1.54) is 4.90 Å². The maximum absolute atomic E-state index is 13.1. The van der Waals surface area contributed by atoms with Gasteiger partial charge in [0.15, 0.2) is 0 Å². The molecule has 1 rings (SSSR count). The third-order valence-electron chi connectivity index (χ3n) is 4.50. The smallest absolute Gasteiger partial charge is 0.416 e. The number of amides is 2. The lowest BCUT2D eigenvalue weighted by atomic mass is 9.94. The van der Waals surface area contributed by atoms with E-state index in [0.717, 1.165) is 25.7 Å². The van der Waals surface area contributed by atoms with Crippen molar-refractivity contribution in [2.24, 2.45) is 11.8 Å². The number of carbonyl (C=O) groups is 3. The van der Waals surface area contributed by atoms with Crippen molar-refractivity contribution in [2.45, 2.75) is 91.7 Å². The van der Waals surface area contributed by atoms with E-state index in [2.05, 4.69) is 6.92 Å². The van der Waals surface area contributed by atoms with E-state index in [1.54, 1.807) is 20.8 Å². The first-order valence-electron chi connectivity index (χ1n) is 9.78. The minimum atomic E-state index is -0.601. The molecule has 1 fully saturated rings. The van der Waals surface area contributed by atoms with Gasteiger partial charge in [0.05, 0.1) is 12.5 Å². The van der Waals surface area contributed by atoms with Crippen molar-refractivity contribution in [1.82, 2.24) is 4.90 Å².